The van der Waals surface area contributed by atoms with Crippen LogP contribution in [-0.4, -0.2) is 11.0 Å². The molecule has 1 aliphatic rings. The molecular formula is C16H13BrClNO2. The average Bonchev–Trinajstić information content (AvgIpc) is 2.49. The van der Waals surface area contributed by atoms with Gasteiger partial charge in [0.25, 0.3) is 0 Å². The van der Waals surface area contributed by atoms with Crippen LogP contribution in [0.25, 0.3) is 0 Å². The first-order valence-corrected chi connectivity index (χ1v) is 7.78. The number of anilines is 1. The molecule has 3 nitrogen and oxygen atoms in total. The van der Waals surface area contributed by atoms with Gasteiger partial charge in [0.15, 0.2) is 0 Å². The first-order chi connectivity index (χ1) is 10.1. The Morgan fingerprint density at radius 2 is 2.05 bits per heavy atom. The van der Waals surface area contributed by atoms with Crippen LogP contribution < -0.4 is 5.32 Å². The highest BCUT2D eigenvalue weighted by atomic mass is 79.9. The molecule has 0 aliphatic carbocycles. The number of carbonyl (C=O) groups is 1. The topological polar surface area (TPSA) is 49.3 Å². The van der Waals surface area contributed by atoms with Crippen molar-refractivity contribution >= 4 is 39.1 Å². The second-order valence-corrected chi connectivity index (χ2v) is 6.24. The van der Waals surface area contributed by atoms with Gasteiger partial charge in [0.1, 0.15) is 6.10 Å². The first kappa shape index (κ1) is 14.6. The molecule has 0 bridgehead atoms. The molecule has 0 saturated heterocycles. The summed E-state index contributed by atoms with van der Waals surface area (Å²) in [6.07, 6.45) is 0.371. The van der Waals surface area contributed by atoms with Gasteiger partial charge in [-0.15, -0.1) is 0 Å². The molecule has 2 aromatic rings. The SMILES string of the molecule is O=C1CCc2cc(C(O)c3cccc(Br)c3Cl)ccc2N1. The van der Waals surface area contributed by atoms with Crippen molar-refractivity contribution in [1.29, 1.82) is 0 Å². The highest BCUT2D eigenvalue weighted by molar-refractivity contribution is 9.10. The van der Waals surface area contributed by atoms with Crippen molar-refractivity contribution < 1.29 is 9.90 Å². The number of aliphatic hydroxyl groups excluding tert-OH is 1. The smallest absolute Gasteiger partial charge is 0.224 e. The number of carbonyl (C=O) groups excluding carboxylic acids is 1. The highest BCUT2D eigenvalue weighted by Gasteiger charge is 2.19. The second-order valence-electron chi connectivity index (χ2n) is 5.01. The zero-order valence-electron chi connectivity index (χ0n) is 11.1. The minimum absolute atomic E-state index is 0.0332. The van der Waals surface area contributed by atoms with Crippen LogP contribution in [-0.2, 0) is 11.2 Å². The largest absolute Gasteiger partial charge is 0.384 e. The highest BCUT2D eigenvalue weighted by Crippen LogP contribution is 2.35. The molecule has 21 heavy (non-hydrogen) atoms. The van der Waals surface area contributed by atoms with E-state index in [0.717, 1.165) is 21.3 Å². The van der Waals surface area contributed by atoms with Gasteiger partial charge < -0.3 is 10.4 Å². The fraction of sp³-hybridized carbons (Fsp3) is 0.188. The number of hydrogen-bond acceptors (Lipinski definition) is 2. The van der Waals surface area contributed by atoms with Crippen molar-refractivity contribution in [3.05, 3.63) is 62.6 Å². The predicted molar refractivity (Wildman–Crippen MR) is 86.6 cm³/mol. The van der Waals surface area contributed by atoms with Crippen molar-refractivity contribution in [1.82, 2.24) is 0 Å². The summed E-state index contributed by atoms with van der Waals surface area (Å²) in [7, 11) is 0. The van der Waals surface area contributed by atoms with E-state index >= 15 is 0 Å². The van der Waals surface area contributed by atoms with Gasteiger partial charge in [0.2, 0.25) is 5.91 Å². The van der Waals surface area contributed by atoms with E-state index in [-0.39, 0.29) is 5.91 Å². The summed E-state index contributed by atoms with van der Waals surface area (Å²) in [5.74, 6) is 0.0332. The number of fused-ring (bicyclic) bond motifs is 1. The van der Waals surface area contributed by atoms with Crippen LogP contribution in [0.3, 0.4) is 0 Å². The molecule has 1 unspecified atom stereocenters. The van der Waals surface area contributed by atoms with Gasteiger partial charge >= 0.3 is 0 Å². The third kappa shape index (κ3) is 2.84. The van der Waals surface area contributed by atoms with Crippen molar-refractivity contribution in [3.8, 4) is 0 Å². The molecule has 2 aromatic carbocycles. The van der Waals surface area contributed by atoms with E-state index in [2.05, 4.69) is 21.2 Å². The lowest BCUT2D eigenvalue weighted by atomic mass is 9.95. The molecule has 0 fully saturated rings. The zero-order chi connectivity index (χ0) is 15.0. The average molecular weight is 367 g/mol. The van der Waals surface area contributed by atoms with Crippen molar-refractivity contribution in [2.75, 3.05) is 5.32 Å². The number of amides is 1. The van der Waals surface area contributed by atoms with Gasteiger partial charge in [-0.3, -0.25) is 4.79 Å². The van der Waals surface area contributed by atoms with Crippen LogP contribution in [0.2, 0.25) is 5.02 Å². The van der Waals surface area contributed by atoms with E-state index in [9.17, 15) is 9.90 Å². The van der Waals surface area contributed by atoms with Crippen molar-refractivity contribution in [3.63, 3.8) is 0 Å². The zero-order valence-corrected chi connectivity index (χ0v) is 13.4. The van der Waals surface area contributed by atoms with E-state index in [0.29, 0.717) is 23.4 Å². The molecule has 1 amide bonds. The molecule has 108 valence electrons. The van der Waals surface area contributed by atoms with Crippen LogP contribution in [0.5, 0.6) is 0 Å². The van der Waals surface area contributed by atoms with Gasteiger partial charge in [0.05, 0.1) is 5.02 Å². The summed E-state index contributed by atoms with van der Waals surface area (Å²) >= 11 is 9.60. The van der Waals surface area contributed by atoms with Gasteiger partial charge in [-0.25, -0.2) is 0 Å². The van der Waals surface area contributed by atoms with Crippen LogP contribution >= 0.6 is 27.5 Å². The van der Waals surface area contributed by atoms with Crippen LogP contribution in [0, 0.1) is 0 Å². The molecule has 0 saturated carbocycles. The number of hydrogen-bond donors (Lipinski definition) is 2. The Morgan fingerprint density at radius 1 is 1.24 bits per heavy atom. The number of benzene rings is 2. The Hall–Kier alpha value is -1.36. The Balaban J connectivity index is 1.97. The summed E-state index contributed by atoms with van der Waals surface area (Å²) in [5, 5.41) is 13.9. The van der Waals surface area contributed by atoms with Crippen molar-refractivity contribution in [2.24, 2.45) is 0 Å². The van der Waals surface area contributed by atoms with E-state index in [1.807, 2.05) is 30.3 Å². The second kappa shape index (κ2) is 5.79. The Labute approximate surface area is 136 Å². The molecule has 1 aliphatic heterocycles. The standard InChI is InChI=1S/C16H13BrClNO2/c17-12-3-1-2-11(15(12)18)16(21)10-4-6-13-9(8-10)5-7-14(20)19-13/h1-4,6,8,16,21H,5,7H2,(H,19,20). The van der Waals surface area contributed by atoms with Gasteiger partial charge in [-0.1, -0.05) is 35.9 Å². The molecular weight excluding hydrogens is 354 g/mol. The molecule has 0 radical (unpaired) electrons. The van der Waals surface area contributed by atoms with Gasteiger partial charge in [-0.2, -0.15) is 0 Å². The minimum atomic E-state index is -0.794. The van der Waals surface area contributed by atoms with Crippen LogP contribution in [0.4, 0.5) is 5.69 Å². The number of halogens is 2. The molecule has 0 spiro atoms. The quantitative estimate of drug-likeness (QED) is 0.842. The lowest BCUT2D eigenvalue weighted by molar-refractivity contribution is -0.116. The molecule has 1 heterocycles. The number of aryl methyl sites for hydroxylation is 1. The Bertz CT molecular complexity index is 717. The van der Waals surface area contributed by atoms with E-state index in [1.165, 1.54) is 0 Å². The monoisotopic (exact) mass is 365 g/mol. The number of aliphatic hydroxyl groups is 1. The number of nitrogens with one attached hydrogen (secondary N) is 1. The third-order valence-electron chi connectivity index (χ3n) is 3.62. The maximum absolute atomic E-state index is 11.4. The Kier molecular flexibility index (Phi) is 4.02. The van der Waals surface area contributed by atoms with Gasteiger partial charge in [-0.05, 0) is 45.6 Å². The third-order valence-corrected chi connectivity index (χ3v) is 4.93. The molecule has 0 aromatic heterocycles. The lowest BCUT2D eigenvalue weighted by Gasteiger charge is -2.20. The summed E-state index contributed by atoms with van der Waals surface area (Å²) in [6, 6.07) is 11.0. The van der Waals surface area contributed by atoms with E-state index in [1.54, 1.807) is 6.07 Å². The molecule has 5 heteroatoms. The summed E-state index contributed by atoms with van der Waals surface area (Å²) in [6.45, 7) is 0. The Morgan fingerprint density at radius 3 is 2.86 bits per heavy atom. The van der Waals surface area contributed by atoms with E-state index in [4.69, 9.17) is 11.6 Å². The molecule has 1 atom stereocenters. The fourth-order valence-corrected chi connectivity index (χ4v) is 3.10. The van der Waals surface area contributed by atoms with Gasteiger partial charge in [0, 0.05) is 22.1 Å². The lowest BCUT2D eigenvalue weighted by Crippen LogP contribution is -2.19. The predicted octanol–water partition coefficient (Wildman–Crippen LogP) is 4.07. The van der Waals surface area contributed by atoms with E-state index < -0.39 is 6.10 Å². The minimum Gasteiger partial charge on any atom is -0.384 e. The molecule has 3 rings (SSSR count). The maximum Gasteiger partial charge on any atom is 0.224 e. The maximum atomic E-state index is 11.4. The fourth-order valence-electron chi connectivity index (χ4n) is 2.48. The first-order valence-electron chi connectivity index (χ1n) is 6.61. The van der Waals surface area contributed by atoms with Crippen LogP contribution in [0.15, 0.2) is 40.9 Å². The summed E-state index contributed by atoms with van der Waals surface area (Å²) < 4.78 is 0.756. The molecule has 2 N–H and O–H groups in total. The van der Waals surface area contributed by atoms with Crippen LogP contribution in [0.1, 0.15) is 29.2 Å². The number of rotatable bonds is 2. The summed E-state index contributed by atoms with van der Waals surface area (Å²) in [5.41, 5.74) is 3.29. The normalized spacial score (nSPS) is 15.3. The summed E-state index contributed by atoms with van der Waals surface area (Å²) in [4.78, 5) is 11.4. The van der Waals surface area contributed by atoms with Crippen molar-refractivity contribution in [2.45, 2.75) is 18.9 Å².